The zero-order chi connectivity index (χ0) is 10.3. The van der Waals surface area contributed by atoms with Crippen LogP contribution in [0.3, 0.4) is 0 Å². The number of rotatable bonds is 4. The highest BCUT2D eigenvalue weighted by Gasteiger charge is 2.13. The van der Waals surface area contributed by atoms with Gasteiger partial charge in [-0.3, -0.25) is 4.79 Å². The maximum absolute atomic E-state index is 11.1. The molecule has 0 unspecified atom stereocenters. The molecular formula is C9H14O4. The van der Waals surface area contributed by atoms with Gasteiger partial charge < -0.3 is 9.47 Å². The molecule has 0 atom stereocenters. The molecule has 0 bridgehead atoms. The molecule has 0 fully saturated rings. The van der Waals surface area contributed by atoms with Crippen molar-refractivity contribution in [3.63, 3.8) is 0 Å². The van der Waals surface area contributed by atoms with Crippen molar-refractivity contribution in [1.82, 2.24) is 0 Å². The lowest BCUT2D eigenvalue weighted by Crippen LogP contribution is -2.12. The number of hydrogen-bond acceptors (Lipinski definition) is 4. The molecule has 0 spiro atoms. The highest BCUT2D eigenvalue weighted by Crippen LogP contribution is 2.02. The lowest BCUT2D eigenvalue weighted by Gasteiger charge is -2.05. The first kappa shape index (κ1) is 11.7. The van der Waals surface area contributed by atoms with Gasteiger partial charge in [-0.25, -0.2) is 4.79 Å². The van der Waals surface area contributed by atoms with Gasteiger partial charge in [-0.05, 0) is 19.4 Å². The first-order valence-corrected chi connectivity index (χ1v) is 4.17. The summed E-state index contributed by atoms with van der Waals surface area (Å²) in [6.45, 7) is 5.03. The van der Waals surface area contributed by atoms with Crippen molar-refractivity contribution in [3.8, 4) is 0 Å². The summed E-state index contributed by atoms with van der Waals surface area (Å²) in [5, 5.41) is 0. The standard InChI is InChI=1S/C9H14O4/c1-4-6-8(13-7(3)10)9(11)12-5-2/h6H,4-5H2,1-3H3. The van der Waals surface area contributed by atoms with Crippen LogP contribution in [0.1, 0.15) is 27.2 Å². The summed E-state index contributed by atoms with van der Waals surface area (Å²) in [5.74, 6) is -1.15. The molecule has 0 N–H and O–H groups in total. The van der Waals surface area contributed by atoms with E-state index in [1.165, 1.54) is 13.0 Å². The van der Waals surface area contributed by atoms with E-state index in [2.05, 4.69) is 9.47 Å². The van der Waals surface area contributed by atoms with Crippen molar-refractivity contribution >= 4 is 11.9 Å². The number of carbonyl (C=O) groups excluding carboxylic acids is 2. The average Bonchev–Trinajstić information content (AvgIpc) is 2.03. The number of carbonyl (C=O) groups is 2. The van der Waals surface area contributed by atoms with Crippen LogP contribution in [0, 0.1) is 0 Å². The Morgan fingerprint density at radius 2 is 1.92 bits per heavy atom. The van der Waals surface area contributed by atoms with Gasteiger partial charge in [0.05, 0.1) is 6.61 Å². The highest BCUT2D eigenvalue weighted by molar-refractivity contribution is 5.89. The van der Waals surface area contributed by atoms with Crippen LogP contribution in [0.25, 0.3) is 0 Å². The fraction of sp³-hybridized carbons (Fsp3) is 0.556. The number of hydrogen-bond donors (Lipinski definition) is 0. The first-order chi connectivity index (χ1) is 6.11. The monoisotopic (exact) mass is 186 g/mol. The summed E-state index contributed by atoms with van der Waals surface area (Å²) in [5.41, 5.74) is 0. The first-order valence-electron chi connectivity index (χ1n) is 4.17. The third kappa shape index (κ3) is 5.00. The van der Waals surface area contributed by atoms with Crippen LogP contribution in [0.4, 0.5) is 0 Å². The third-order valence-electron chi connectivity index (χ3n) is 1.12. The molecule has 4 heteroatoms. The Labute approximate surface area is 77.5 Å². The molecule has 0 aromatic rings. The van der Waals surface area contributed by atoms with Gasteiger partial charge in [-0.15, -0.1) is 0 Å². The molecule has 0 saturated carbocycles. The molecule has 74 valence electrons. The summed E-state index contributed by atoms with van der Waals surface area (Å²) in [6, 6.07) is 0. The van der Waals surface area contributed by atoms with Gasteiger partial charge in [-0.1, -0.05) is 6.92 Å². The minimum atomic E-state index is -0.598. The Bertz CT molecular complexity index is 218. The van der Waals surface area contributed by atoms with Gasteiger partial charge >= 0.3 is 11.9 Å². The number of allylic oxidation sites excluding steroid dienone is 1. The molecule has 0 heterocycles. The van der Waals surface area contributed by atoms with E-state index in [1.54, 1.807) is 6.92 Å². The Kier molecular flexibility index (Phi) is 5.59. The van der Waals surface area contributed by atoms with Gasteiger partial charge in [0.2, 0.25) is 5.76 Å². The number of esters is 2. The fourth-order valence-corrected chi connectivity index (χ4v) is 0.709. The summed E-state index contributed by atoms with van der Waals surface area (Å²) in [7, 11) is 0. The molecular weight excluding hydrogens is 172 g/mol. The Morgan fingerprint density at radius 1 is 1.31 bits per heavy atom. The molecule has 0 amide bonds. The maximum Gasteiger partial charge on any atom is 0.374 e. The van der Waals surface area contributed by atoms with Crippen molar-refractivity contribution in [1.29, 1.82) is 0 Å². The number of ether oxygens (including phenoxy) is 2. The van der Waals surface area contributed by atoms with E-state index in [0.29, 0.717) is 6.42 Å². The molecule has 13 heavy (non-hydrogen) atoms. The van der Waals surface area contributed by atoms with Gasteiger partial charge in [0, 0.05) is 6.92 Å². The summed E-state index contributed by atoms with van der Waals surface area (Å²) in [4.78, 5) is 21.7. The normalized spacial score (nSPS) is 10.8. The maximum atomic E-state index is 11.1. The second-order valence-corrected chi connectivity index (χ2v) is 2.29. The second kappa shape index (κ2) is 6.22. The van der Waals surface area contributed by atoms with Crippen LogP contribution in [0.15, 0.2) is 11.8 Å². The zero-order valence-electron chi connectivity index (χ0n) is 8.12. The van der Waals surface area contributed by atoms with E-state index in [0.717, 1.165) is 0 Å². The predicted molar refractivity (Wildman–Crippen MR) is 46.8 cm³/mol. The lowest BCUT2D eigenvalue weighted by atomic mass is 10.4. The van der Waals surface area contributed by atoms with E-state index in [-0.39, 0.29) is 12.4 Å². The molecule has 0 aliphatic heterocycles. The van der Waals surface area contributed by atoms with Crippen molar-refractivity contribution in [2.75, 3.05) is 6.61 Å². The van der Waals surface area contributed by atoms with E-state index < -0.39 is 11.9 Å². The summed E-state index contributed by atoms with van der Waals surface area (Å²) >= 11 is 0. The molecule has 0 aromatic carbocycles. The molecule has 0 aromatic heterocycles. The average molecular weight is 186 g/mol. The van der Waals surface area contributed by atoms with Crippen LogP contribution >= 0.6 is 0 Å². The summed E-state index contributed by atoms with van der Waals surface area (Å²) in [6.07, 6.45) is 2.13. The minimum Gasteiger partial charge on any atom is -0.460 e. The van der Waals surface area contributed by atoms with Gasteiger partial charge in [-0.2, -0.15) is 0 Å². The highest BCUT2D eigenvalue weighted by atomic mass is 16.6. The lowest BCUT2D eigenvalue weighted by molar-refractivity contribution is -0.150. The van der Waals surface area contributed by atoms with E-state index in [4.69, 9.17) is 0 Å². The van der Waals surface area contributed by atoms with Gasteiger partial charge in [0.25, 0.3) is 0 Å². The molecule has 0 radical (unpaired) electrons. The van der Waals surface area contributed by atoms with Crippen LogP contribution in [0.2, 0.25) is 0 Å². The van der Waals surface area contributed by atoms with Gasteiger partial charge in [0.15, 0.2) is 0 Å². The Morgan fingerprint density at radius 3 is 2.31 bits per heavy atom. The van der Waals surface area contributed by atoms with Crippen LogP contribution in [-0.2, 0) is 19.1 Å². The largest absolute Gasteiger partial charge is 0.460 e. The molecule has 0 aliphatic rings. The topological polar surface area (TPSA) is 52.6 Å². The molecule has 0 rings (SSSR count). The smallest absolute Gasteiger partial charge is 0.374 e. The van der Waals surface area contributed by atoms with Crippen molar-refractivity contribution in [2.45, 2.75) is 27.2 Å². The van der Waals surface area contributed by atoms with Crippen molar-refractivity contribution < 1.29 is 19.1 Å². The van der Waals surface area contributed by atoms with E-state index in [1.807, 2.05) is 6.92 Å². The van der Waals surface area contributed by atoms with Crippen molar-refractivity contribution in [3.05, 3.63) is 11.8 Å². The second-order valence-electron chi connectivity index (χ2n) is 2.29. The molecule has 4 nitrogen and oxygen atoms in total. The van der Waals surface area contributed by atoms with Crippen LogP contribution in [-0.4, -0.2) is 18.5 Å². The van der Waals surface area contributed by atoms with Crippen LogP contribution in [0.5, 0.6) is 0 Å². The molecule has 0 aliphatic carbocycles. The Hall–Kier alpha value is -1.32. The van der Waals surface area contributed by atoms with E-state index >= 15 is 0 Å². The quantitative estimate of drug-likeness (QED) is 0.378. The van der Waals surface area contributed by atoms with Gasteiger partial charge in [0.1, 0.15) is 0 Å². The third-order valence-corrected chi connectivity index (χ3v) is 1.12. The minimum absolute atomic E-state index is 0.0307. The molecule has 0 saturated heterocycles. The van der Waals surface area contributed by atoms with Crippen molar-refractivity contribution in [2.24, 2.45) is 0 Å². The zero-order valence-corrected chi connectivity index (χ0v) is 8.12. The summed E-state index contributed by atoms with van der Waals surface area (Å²) < 4.78 is 9.33. The Balaban J connectivity index is 4.33. The fourth-order valence-electron chi connectivity index (χ4n) is 0.709. The predicted octanol–water partition coefficient (Wildman–Crippen LogP) is 1.41. The van der Waals surface area contributed by atoms with Crippen LogP contribution < -0.4 is 0 Å². The SMILES string of the molecule is CCC=C(OC(C)=O)C(=O)OCC. The van der Waals surface area contributed by atoms with E-state index in [9.17, 15) is 9.59 Å².